The second-order valence-electron chi connectivity index (χ2n) is 0.283. The molecule has 7 heavy (non-hydrogen) atoms. The van der Waals surface area contributed by atoms with E-state index in [0.29, 0.717) is 0 Å². The summed E-state index contributed by atoms with van der Waals surface area (Å²) in [6, 6.07) is 0. The van der Waals surface area contributed by atoms with E-state index in [9.17, 15) is 0 Å². The molecule has 0 aromatic carbocycles. The van der Waals surface area contributed by atoms with Gasteiger partial charge in [-0.15, -0.1) is 0 Å². The monoisotopic (exact) mass is 193 g/mol. The summed E-state index contributed by atoms with van der Waals surface area (Å²) in [6.45, 7) is 0. The first-order valence-corrected chi connectivity index (χ1v) is 0.651. The van der Waals surface area contributed by atoms with Crippen LogP contribution in [0.25, 0.3) is 0 Å². The maximum Gasteiger partial charge on any atom is 1.00 e. The number of carbonyl (C=O) groups is 1. The largest absolute Gasteiger partial charge is 1.00 e. The van der Waals surface area contributed by atoms with Crippen molar-refractivity contribution in [3.8, 4) is 0 Å². The summed E-state index contributed by atoms with van der Waals surface area (Å²) in [7, 11) is 0. The molecule has 0 heterocycles. The van der Waals surface area contributed by atoms with Crippen LogP contribution in [0.1, 0.15) is 1.43 Å². The topological polar surface area (TPSA) is 89.0 Å². The summed E-state index contributed by atoms with van der Waals surface area (Å²) in [4.78, 5) is 8.56. The van der Waals surface area contributed by atoms with Crippen molar-refractivity contribution in [3.05, 3.63) is 0 Å². The predicted molar refractivity (Wildman–Crippen MR) is 15.4 cm³/mol. The minimum absolute atomic E-state index is 0. The van der Waals surface area contributed by atoms with Crippen LogP contribution >= 0.6 is 0 Å². The molecule has 1 radical (unpaired) electrons. The van der Waals surface area contributed by atoms with E-state index in [2.05, 4.69) is 0 Å². The molecule has 0 aliphatic carbocycles. The maximum atomic E-state index is 8.56. The van der Waals surface area contributed by atoms with Crippen LogP contribution in [-0.4, -0.2) is 21.8 Å². The van der Waals surface area contributed by atoms with E-state index in [-0.39, 0.29) is 69.2 Å². The fourth-order valence-corrected chi connectivity index (χ4v) is 0. The molecule has 0 saturated heterocycles. The van der Waals surface area contributed by atoms with E-state index in [1.807, 2.05) is 0 Å². The molecule has 0 saturated carbocycles. The molecule has 0 spiro atoms. The van der Waals surface area contributed by atoms with E-state index in [4.69, 9.17) is 15.0 Å². The molecular weight excluding hydrogens is 188 g/mol. The van der Waals surface area contributed by atoms with Gasteiger partial charge >= 0.3 is 35.7 Å². The molecule has 0 atom stereocenters. The van der Waals surface area contributed by atoms with Crippen LogP contribution in [0.2, 0.25) is 0 Å². The zero-order valence-corrected chi connectivity index (χ0v) is 8.72. The summed E-state index contributed by atoms with van der Waals surface area (Å²) in [5.41, 5.74) is 0. The minimum atomic E-state index is -1.83. The van der Waals surface area contributed by atoms with E-state index in [0.717, 1.165) is 0 Å². The molecule has 0 aliphatic rings. The van der Waals surface area contributed by atoms with Crippen molar-refractivity contribution in [1.29, 1.82) is 0 Å². The second kappa shape index (κ2) is 15.7. The van der Waals surface area contributed by atoms with Gasteiger partial charge in [0.25, 0.3) is 0 Å². The Kier molecular flexibility index (Phi) is 53.4. The Bertz CT molecular complexity index is 39.0. The van der Waals surface area contributed by atoms with Crippen molar-refractivity contribution in [1.82, 2.24) is 0 Å². The van der Waals surface area contributed by atoms with Gasteiger partial charge in [0.2, 0.25) is 0 Å². The van der Waals surface area contributed by atoms with Crippen LogP contribution < -0.4 is 29.6 Å². The van der Waals surface area contributed by atoms with Crippen molar-refractivity contribution < 1.29 is 84.2 Å². The van der Waals surface area contributed by atoms with E-state index in [1.54, 1.807) is 0 Å². The number of hydrogen-bond acceptors (Lipinski definition) is 1. The standard InChI is InChI=1S/CH2O3.Na.H2O.Y.H/c2-1(3)4;;;;/h(H2,2,3,4);;1H2;;/q;+1;;;-1. The minimum Gasteiger partial charge on any atom is -1.00 e. The first-order chi connectivity index (χ1) is 1.73. The molecule has 0 aromatic rings. The van der Waals surface area contributed by atoms with Gasteiger partial charge in [0.1, 0.15) is 0 Å². The quantitative estimate of drug-likeness (QED) is 0.391. The van der Waals surface area contributed by atoms with E-state index >= 15 is 0 Å². The molecule has 0 aliphatic heterocycles. The molecule has 0 rings (SSSR count). The Morgan fingerprint density at radius 3 is 1.43 bits per heavy atom. The Hall–Kier alpha value is 1.33. The fraction of sp³-hybridized carbons (Fsp3) is 0. The van der Waals surface area contributed by atoms with Crippen molar-refractivity contribution in [2.45, 2.75) is 0 Å². The van der Waals surface area contributed by atoms with Crippen LogP contribution in [0.15, 0.2) is 0 Å². The number of carboxylic acid groups (broad SMARTS) is 2. The van der Waals surface area contributed by atoms with Gasteiger partial charge in [0.15, 0.2) is 0 Å². The summed E-state index contributed by atoms with van der Waals surface area (Å²) in [5.74, 6) is 0. The summed E-state index contributed by atoms with van der Waals surface area (Å²) in [5, 5.41) is 13.9. The van der Waals surface area contributed by atoms with Gasteiger partial charge in [-0.3, -0.25) is 0 Å². The Morgan fingerprint density at radius 1 is 1.43 bits per heavy atom. The average Bonchev–Trinajstić information content (AvgIpc) is 0.811. The summed E-state index contributed by atoms with van der Waals surface area (Å²) >= 11 is 0. The van der Waals surface area contributed by atoms with Crippen molar-refractivity contribution in [3.63, 3.8) is 0 Å². The van der Waals surface area contributed by atoms with Crippen molar-refractivity contribution in [2.24, 2.45) is 0 Å². The molecule has 6 heteroatoms. The van der Waals surface area contributed by atoms with Crippen LogP contribution in [0.4, 0.5) is 4.79 Å². The molecule has 0 bridgehead atoms. The summed E-state index contributed by atoms with van der Waals surface area (Å²) < 4.78 is 0. The maximum absolute atomic E-state index is 8.56. The van der Waals surface area contributed by atoms with Gasteiger partial charge in [0, 0.05) is 32.7 Å². The summed E-state index contributed by atoms with van der Waals surface area (Å²) in [6.07, 6.45) is -1.83. The van der Waals surface area contributed by atoms with Gasteiger partial charge in [0.05, 0.1) is 0 Å². The predicted octanol–water partition coefficient (Wildman–Crippen LogP) is -3.49. The van der Waals surface area contributed by atoms with Gasteiger partial charge in [-0.25, -0.2) is 4.79 Å². The Morgan fingerprint density at radius 2 is 1.43 bits per heavy atom. The number of rotatable bonds is 0. The van der Waals surface area contributed by atoms with Crippen LogP contribution in [0.5, 0.6) is 0 Å². The number of hydrogen-bond donors (Lipinski definition) is 2. The molecular formula is CH5NaO4Y. The average molecular weight is 193 g/mol. The first-order valence-electron chi connectivity index (χ1n) is 0.651. The zero-order chi connectivity index (χ0) is 3.58. The normalized spacial score (nSPS) is 3.43. The Labute approximate surface area is 89.3 Å². The van der Waals surface area contributed by atoms with Crippen molar-refractivity contribution >= 4 is 6.16 Å². The second-order valence-corrected chi connectivity index (χ2v) is 0.283. The molecule has 0 unspecified atom stereocenters. The van der Waals surface area contributed by atoms with Gasteiger partial charge < -0.3 is 17.1 Å². The molecule has 4 N–H and O–H groups in total. The third kappa shape index (κ3) is 117. The molecule has 4 nitrogen and oxygen atoms in total. The van der Waals surface area contributed by atoms with Crippen LogP contribution in [0.3, 0.4) is 0 Å². The SMILES string of the molecule is O.O=C(O)O.[H-].[Na+].[Y]. The van der Waals surface area contributed by atoms with Crippen molar-refractivity contribution in [2.75, 3.05) is 0 Å². The smallest absolute Gasteiger partial charge is 1.00 e. The fourth-order valence-electron chi connectivity index (χ4n) is 0. The third-order valence-electron chi connectivity index (χ3n) is 0. The van der Waals surface area contributed by atoms with E-state index < -0.39 is 6.16 Å². The molecule has 0 aromatic heterocycles. The molecule has 37 valence electrons. The van der Waals surface area contributed by atoms with Gasteiger partial charge in [-0.2, -0.15) is 0 Å². The van der Waals surface area contributed by atoms with Gasteiger partial charge in [-0.1, -0.05) is 0 Å². The van der Waals surface area contributed by atoms with Crippen LogP contribution in [-0.2, 0) is 32.7 Å². The Balaban J connectivity index is -0.00000000750. The van der Waals surface area contributed by atoms with Gasteiger partial charge in [-0.05, 0) is 0 Å². The first kappa shape index (κ1) is 23.9. The molecule has 0 amide bonds. The third-order valence-corrected chi connectivity index (χ3v) is 0. The molecule has 0 fully saturated rings. The zero-order valence-electron chi connectivity index (χ0n) is 4.88. The van der Waals surface area contributed by atoms with E-state index in [1.165, 1.54) is 0 Å². The van der Waals surface area contributed by atoms with Crippen LogP contribution in [0, 0.1) is 0 Å².